The molecule has 0 bridgehead atoms. The number of rotatable bonds is 8. The molecule has 3 N–H and O–H groups in total. The summed E-state index contributed by atoms with van der Waals surface area (Å²) in [5.41, 5.74) is 6.63. The number of hydrogen-bond acceptors (Lipinski definition) is 7. The van der Waals surface area contributed by atoms with E-state index in [2.05, 4.69) is 5.32 Å². The van der Waals surface area contributed by atoms with Gasteiger partial charge in [-0.05, 0) is 6.26 Å². The van der Waals surface area contributed by atoms with Crippen molar-refractivity contribution in [3.8, 4) is 0 Å². The highest BCUT2D eigenvalue weighted by molar-refractivity contribution is 7.99. The quantitative estimate of drug-likeness (QED) is 0.707. The number of nitrogens with zero attached hydrogens (tertiary/aromatic N) is 1. The number of ether oxygens (including phenoxy) is 2. The Morgan fingerprint density at radius 2 is 2.14 bits per heavy atom. The van der Waals surface area contributed by atoms with Crippen LogP contribution in [0.1, 0.15) is 9.67 Å². The Morgan fingerprint density at radius 3 is 2.62 bits per heavy atom. The number of thioether (sulfide) groups is 1. The molecule has 1 heterocycles. The van der Waals surface area contributed by atoms with Crippen LogP contribution in [0.2, 0.25) is 0 Å². The Balaban J connectivity index is 2.92. The van der Waals surface area contributed by atoms with Crippen LogP contribution in [-0.2, 0) is 9.47 Å². The van der Waals surface area contributed by atoms with Gasteiger partial charge in [0, 0.05) is 34.9 Å². The lowest BCUT2D eigenvalue weighted by atomic mass is 10.3. The van der Waals surface area contributed by atoms with Gasteiger partial charge in [-0.3, -0.25) is 4.79 Å². The van der Waals surface area contributed by atoms with Crippen LogP contribution in [0.5, 0.6) is 0 Å². The molecule has 0 radical (unpaired) electrons. The molecule has 0 aliphatic rings. The number of carbonyl (C=O) groups excluding carboxylic acids is 1. The van der Waals surface area contributed by atoms with Crippen molar-refractivity contribution in [3.63, 3.8) is 0 Å². The molecule has 1 aromatic heterocycles. The highest BCUT2D eigenvalue weighted by Crippen LogP contribution is 2.42. The third-order valence-corrected chi connectivity index (χ3v) is 4.99. The van der Waals surface area contributed by atoms with Gasteiger partial charge in [0.25, 0.3) is 5.91 Å². The molecule has 21 heavy (non-hydrogen) atoms. The summed E-state index contributed by atoms with van der Waals surface area (Å²) < 4.78 is 10.4. The smallest absolute Gasteiger partial charge is 0.265 e. The predicted molar refractivity (Wildman–Crippen MR) is 89.7 cm³/mol. The normalized spacial score (nSPS) is 12.2. The van der Waals surface area contributed by atoms with Gasteiger partial charge in [0.05, 0.1) is 23.3 Å². The summed E-state index contributed by atoms with van der Waals surface area (Å²) >= 11 is 2.90. The molecule has 6 nitrogen and oxygen atoms in total. The second kappa shape index (κ2) is 8.47. The number of thiophene rings is 1. The summed E-state index contributed by atoms with van der Waals surface area (Å²) in [5, 5.41) is 4.19. The maximum absolute atomic E-state index is 12.1. The van der Waals surface area contributed by atoms with Crippen molar-refractivity contribution in [1.82, 2.24) is 4.90 Å². The average Bonchev–Trinajstić information content (AvgIpc) is 2.78. The van der Waals surface area contributed by atoms with Crippen LogP contribution in [-0.4, -0.2) is 64.6 Å². The summed E-state index contributed by atoms with van der Waals surface area (Å²) in [5.74, 6) is -0.0824. The molecule has 0 saturated heterocycles. The van der Waals surface area contributed by atoms with Gasteiger partial charge in [-0.25, -0.2) is 0 Å². The minimum Gasteiger partial charge on any atom is -0.396 e. The third-order valence-electron chi connectivity index (χ3n) is 2.88. The van der Waals surface area contributed by atoms with E-state index in [1.165, 1.54) is 28.0 Å². The number of amides is 1. The molecular weight excluding hydrogens is 310 g/mol. The molecule has 1 aromatic rings. The van der Waals surface area contributed by atoms with Crippen molar-refractivity contribution in [1.29, 1.82) is 0 Å². The fraction of sp³-hybridized carbons (Fsp3) is 0.615. The van der Waals surface area contributed by atoms with Gasteiger partial charge < -0.3 is 25.4 Å². The summed E-state index contributed by atoms with van der Waals surface area (Å²) in [6, 6.07) is 0. The zero-order valence-corrected chi connectivity index (χ0v) is 14.7. The summed E-state index contributed by atoms with van der Waals surface area (Å²) in [6.45, 7) is 1.09. The van der Waals surface area contributed by atoms with Crippen LogP contribution in [0.3, 0.4) is 0 Å². The van der Waals surface area contributed by atoms with Crippen LogP contribution < -0.4 is 11.1 Å². The van der Waals surface area contributed by atoms with Gasteiger partial charge in [0.1, 0.15) is 9.88 Å². The van der Waals surface area contributed by atoms with Gasteiger partial charge in [0.15, 0.2) is 0 Å². The monoisotopic (exact) mass is 333 g/mol. The van der Waals surface area contributed by atoms with Crippen molar-refractivity contribution >= 4 is 39.7 Å². The highest BCUT2D eigenvalue weighted by atomic mass is 32.2. The highest BCUT2D eigenvalue weighted by Gasteiger charge is 2.22. The number of anilines is 2. The first-order valence-corrected chi connectivity index (χ1v) is 8.43. The molecule has 0 fully saturated rings. The molecule has 1 rings (SSSR count). The number of nitrogens with two attached hydrogens (primary N) is 1. The second-order valence-electron chi connectivity index (χ2n) is 4.60. The van der Waals surface area contributed by atoms with E-state index in [0.717, 1.165) is 9.90 Å². The standard InChI is InChI=1S/C13H23N3O3S2/c1-16(2)13(17)11-9(14)10(20-5)12(21-11)15-6-8(19-4)7-18-3/h8,15H,6-7,14H2,1-5H3. The Bertz CT molecular complexity index is 477. The van der Waals surface area contributed by atoms with Crippen LogP contribution in [0, 0.1) is 0 Å². The van der Waals surface area contributed by atoms with Crippen molar-refractivity contribution in [2.75, 3.05) is 58.8 Å². The SMILES string of the molecule is COCC(CNc1sc(C(=O)N(C)C)c(N)c1SC)OC. The Labute approximate surface area is 134 Å². The number of nitrogen functional groups attached to an aromatic ring is 1. The number of carbonyl (C=O) groups is 1. The predicted octanol–water partition coefficient (Wildman–Crippen LogP) is 1.83. The minimum atomic E-state index is -0.0824. The van der Waals surface area contributed by atoms with Crippen molar-refractivity contribution in [3.05, 3.63) is 4.88 Å². The fourth-order valence-corrected chi connectivity index (χ4v) is 3.78. The molecule has 120 valence electrons. The maximum Gasteiger partial charge on any atom is 0.265 e. The van der Waals surface area contributed by atoms with Crippen molar-refractivity contribution in [2.45, 2.75) is 11.0 Å². The summed E-state index contributed by atoms with van der Waals surface area (Å²) in [7, 11) is 6.71. The Hall–Kier alpha value is -0.960. The van der Waals surface area contributed by atoms with E-state index in [1.54, 1.807) is 28.3 Å². The number of methoxy groups -OCH3 is 2. The van der Waals surface area contributed by atoms with Gasteiger partial charge in [0.2, 0.25) is 0 Å². The van der Waals surface area contributed by atoms with E-state index in [9.17, 15) is 4.79 Å². The lowest BCUT2D eigenvalue weighted by Crippen LogP contribution is -2.26. The van der Waals surface area contributed by atoms with E-state index in [1.807, 2.05) is 6.26 Å². The van der Waals surface area contributed by atoms with Crippen LogP contribution in [0.4, 0.5) is 10.7 Å². The molecule has 0 aromatic carbocycles. The van der Waals surface area contributed by atoms with E-state index < -0.39 is 0 Å². The molecule has 0 spiro atoms. The largest absolute Gasteiger partial charge is 0.396 e. The van der Waals surface area contributed by atoms with E-state index in [0.29, 0.717) is 23.7 Å². The molecule has 0 aliphatic heterocycles. The summed E-state index contributed by atoms with van der Waals surface area (Å²) in [6.07, 6.45) is 1.89. The molecule has 1 amide bonds. The third kappa shape index (κ3) is 4.50. The summed E-state index contributed by atoms with van der Waals surface area (Å²) in [4.78, 5) is 15.1. The molecule has 0 saturated carbocycles. The second-order valence-corrected chi connectivity index (χ2v) is 6.44. The van der Waals surface area contributed by atoms with Gasteiger partial charge >= 0.3 is 0 Å². The van der Waals surface area contributed by atoms with E-state index in [-0.39, 0.29) is 12.0 Å². The minimum absolute atomic E-state index is 0.0546. The van der Waals surface area contributed by atoms with E-state index in [4.69, 9.17) is 15.2 Å². The molecule has 1 atom stereocenters. The van der Waals surface area contributed by atoms with Crippen molar-refractivity contribution < 1.29 is 14.3 Å². The average molecular weight is 333 g/mol. The van der Waals surface area contributed by atoms with Gasteiger partial charge in [-0.2, -0.15) is 0 Å². The van der Waals surface area contributed by atoms with E-state index >= 15 is 0 Å². The Morgan fingerprint density at radius 1 is 1.48 bits per heavy atom. The maximum atomic E-state index is 12.1. The molecule has 8 heteroatoms. The van der Waals surface area contributed by atoms with Crippen LogP contribution >= 0.6 is 23.1 Å². The Kier molecular flexibility index (Phi) is 7.30. The van der Waals surface area contributed by atoms with Crippen LogP contribution in [0.25, 0.3) is 0 Å². The lowest BCUT2D eigenvalue weighted by Gasteiger charge is -2.15. The van der Waals surface area contributed by atoms with Gasteiger partial charge in [-0.1, -0.05) is 0 Å². The molecule has 0 aliphatic carbocycles. The fourth-order valence-electron chi connectivity index (χ4n) is 1.71. The number of hydrogen-bond donors (Lipinski definition) is 2. The van der Waals surface area contributed by atoms with Crippen molar-refractivity contribution in [2.24, 2.45) is 0 Å². The topological polar surface area (TPSA) is 76.8 Å². The number of nitrogens with one attached hydrogen (secondary N) is 1. The first kappa shape index (κ1) is 18.1. The van der Waals surface area contributed by atoms with Gasteiger partial charge in [-0.15, -0.1) is 23.1 Å². The molecule has 1 unspecified atom stereocenters. The zero-order chi connectivity index (χ0) is 16.0. The lowest BCUT2D eigenvalue weighted by molar-refractivity contribution is 0.0366. The first-order chi connectivity index (χ1) is 9.96. The molecular formula is C13H23N3O3S2. The zero-order valence-electron chi connectivity index (χ0n) is 13.1. The first-order valence-electron chi connectivity index (χ1n) is 6.39. The van der Waals surface area contributed by atoms with Crippen LogP contribution in [0.15, 0.2) is 4.90 Å².